The van der Waals surface area contributed by atoms with Crippen molar-refractivity contribution in [2.45, 2.75) is 17.9 Å². The third-order valence-corrected chi connectivity index (χ3v) is 3.90. The van der Waals surface area contributed by atoms with Crippen LogP contribution < -0.4 is 5.73 Å². The van der Waals surface area contributed by atoms with E-state index in [-0.39, 0.29) is 11.9 Å². The van der Waals surface area contributed by atoms with E-state index in [9.17, 15) is 4.39 Å². The fraction of sp³-hybridized carbons (Fsp3) is 0.214. The summed E-state index contributed by atoms with van der Waals surface area (Å²) in [5.74, 6) is 0.436. The summed E-state index contributed by atoms with van der Waals surface area (Å²) >= 11 is 1.43. The predicted molar refractivity (Wildman–Crippen MR) is 73.0 cm³/mol. The van der Waals surface area contributed by atoms with Crippen LogP contribution >= 0.6 is 11.8 Å². The third-order valence-electron chi connectivity index (χ3n) is 2.73. The van der Waals surface area contributed by atoms with Crippen molar-refractivity contribution < 1.29 is 4.39 Å². The summed E-state index contributed by atoms with van der Waals surface area (Å²) in [6, 6.07) is 8.54. The number of thioether (sulfide) groups is 1. The van der Waals surface area contributed by atoms with E-state index in [2.05, 4.69) is 4.98 Å². The van der Waals surface area contributed by atoms with Crippen LogP contribution in [0.2, 0.25) is 0 Å². The van der Waals surface area contributed by atoms with Crippen molar-refractivity contribution in [3.63, 3.8) is 0 Å². The maximum Gasteiger partial charge on any atom is 0.136 e. The zero-order chi connectivity index (χ0) is 13.0. The molecule has 0 spiro atoms. The largest absolute Gasteiger partial charge is 0.323 e. The smallest absolute Gasteiger partial charge is 0.136 e. The quantitative estimate of drug-likeness (QED) is 0.859. The van der Waals surface area contributed by atoms with Crippen LogP contribution in [0.25, 0.3) is 0 Å². The average Bonchev–Trinajstić information content (AvgIpc) is 2.38. The Kier molecular flexibility index (Phi) is 4.33. The van der Waals surface area contributed by atoms with Gasteiger partial charge in [0.1, 0.15) is 5.82 Å². The maximum atomic E-state index is 13.4. The summed E-state index contributed by atoms with van der Waals surface area (Å²) in [5.41, 5.74) is 8.24. The number of hydrogen-bond acceptors (Lipinski definition) is 3. The lowest BCUT2D eigenvalue weighted by molar-refractivity contribution is 0.601. The fourth-order valence-corrected chi connectivity index (χ4v) is 2.61. The number of rotatable bonds is 4. The number of aryl methyl sites for hydroxylation is 1. The summed E-state index contributed by atoms with van der Waals surface area (Å²) in [4.78, 5) is 4.71. The molecule has 1 aromatic heterocycles. The Hall–Kier alpha value is -1.39. The zero-order valence-electron chi connectivity index (χ0n) is 10.1. The molecule has 94 valence electrons. The second-order valence-electron chi connectivity index (χ2n) is 4.08. The van der Waals surface area contributed by atoms with Gasteiger partial charge in [0.15, 0.2) is 0 Å². The molecular weight excluding hydrogens is 247 g/mol. The second-order valence-corrected chi connectivity index (χ2v) is 5.14. The van der Waals surface area contributed by atoms with Gasteiger partial charge < -0.3 is 5.73 Å². The highest BCUT2D eigenvalue weighted by molar-refractivity contribution is 7.99. The Morgan fingerprint density at radius 1 is 1.33 bits per heavy atom. The summed E-state index contributed by atoms with van der Waals surface area (Å²) in [7, 11) is 0. The third kappa shape index (κ3) is 3.09. The normalized spacial score (nSPS) is 12.4. The number of aromatic nitrogens is 1. The van der Waals surface area contributed by atoms with Gasteiger partial charge >= 0.3 is 0 Å². The molecule has 1 atom stereocenters. The van der Waals surface area contributed by atoms with Crippen molar-refractivity contribution in [2.24, 2.45) is 5.73 Å². The minimum atomic E-state index is -0.197. The van der Waals surface area contributed by atoms with Crippen LogP contribution in [-0.2, 0) is 0 Å². The molecule has 0 aliphatic carbocycles. The molecule has 0 aliphatic heterocycles. The molecule has 0 amide bonds. The average molecular weight is 262 g/mol. The van der Waals surface area contributed by atoms with Crippen molar-refractivity contribution in [1.82, 2.24) is 4.98 Å². The van der Waals surface area contributed by atoms with Crippen molar-refractivity contribution in [3.05, 3.63) is 59.7 Å². The van der Waals surface area contributed by atoms with Crippen molar-refractivity contribution >= 4 is 11.8 Å². The van der Waals surface area contributed by atoms with E-state index < -0.39 is 0 Å². The molecule has 0 saturated carbocycles. The van der Waals surface area contributed by atoms with Crippen LogP contribution in [0.1, 0.15) is 17.2 Å². The van der Waals surface area contributed by atoms with Gasteiger partial charge in [-0.05, 0) is 36.2 Å². The molecule has 4 heteroatoms. The SMILES string of the molecule is Cc1ccncc1C(N)CSc1ccccc1F. The lowest BCUT2D eigenvalue weighted by Crippen LogP contribution is -2.14. The Labute approximate surface area is 110 Å². The number of hydrogen-bond donors (Lipinski definition) is 1. The maximum absolute atomic E-state index is 13.4. The van der Waals surface area contributed by atoms with Gasteiger partial charge in [-0.15, -0.1) is 11.8 Å². The van der Waals surface area contributed by atoms with Crippen LogP contribution in [0.15, 0.2) is 47.6 Å². The molecule has 0 radical (unpaired) electrons. The molecule has 2 N–H and O–H groups in total. The van der Waals surface area contributed by atoms with E-state index in [1.54, 1.807) is 24.5 Å². The van der Waals surface area contributed by atoms with Gasteiger partial charge in [-0.25, -0.2) is 4.39 Å². The molecule has 1 aromatic carbocycles. The van der Waals surface area contributed by atoms with E-state index in [0.717, 1.165) is 11.1 Å². The number of benzene rings is 1. The first-order chi connectivity index (χ1) is 8.68. The van der Waals surface area contributed by atoms with Crippen LogP contribution in [0, 0.1) is 12.7 Å². The monoisotopic (exact) mass is 262 g/mol. The molecule has 0 bridgehead atoms. The molecule has 2 rings (SSSR count). The lowest BCUT2D eigenvalue weighted by atomic mass is 10.1. The molecule has 1 heterocycles. The predicted octanol–water partition coefficient (Wildman–Crippen LogP) is 3.32. The molecule has 1 unspecified atom stereocenters. The van der Waals surface area contributed by atoms with Crippen LogP contribution in [0.5, 0.6) is 0 Å². The summed E-state index contributed by atoms with van der Waals surface area (Å²) in [6.07, 6.45) is 3.53. The Morgan fingerprint density at radius 3 is 2.83 bits per heavy atom. The number of halogens is 1. The summed E-state index contributed by atoms with van der Waals surface area (Å²) in [6.45, 7) is 2.00. The van der Waals surface area contributed by atoms with Gasteiger partial charge in [0.25, 0.3) is 0 Å². The van der Waals surface area contributed by atoms with E-state index in [0.29, 0.717) is 10.6 Å². The van der Waals surface area contributed by atoms with Crippen LogP contribution in [0.4, 0.5) is 4.39 Å². The van der Waals surface area contributed by atoms with Crippen molar-refractivity contribution in [3.8, 4) is 0 Å². The van der Waals surface area contributed by atoms with Gasteiger partial charge in [0.05, 0.1) is 0 Å². The Morgan fingerprint density at radius 2 is 2.11 bits per heavy atom. The molecule has 18 heavy (non-hydrogen) atoms. The van der Waals surface area contributed by atoms with Gasteiger partial charge in [-0.1, -0.05) is 12.1 Å². The standard InChI is InChI=1S/C14H15FN2S/c1-10-6-7-17-8-11(10)13(16)9-18-14-5-3-2-4-12(14)15/h2-8,13H,9,16H2,1H3. The highest BCUT2D eigenvalue weighted by atomic mass is 32.2. The van der Waals surface area contributed by atoms with Crippen LogP contribution in [-0.4, -0.2) is 10.7 Å². The first kappa shape index (κ1) is 13.1. The topological polar surface area (TPSA) is 38.9 Å². The molecule has 0 saturated heterocycles. The zero-order valence-corrected chi connectivity index (χ0v) is 11.0. The van der Waals surface area contributed by atoms with E-state index in [1.165, 1.54) is 17.8 Å². The molecule has 2 nitrogen and oxygen atoms in total. The molecule has 0 fully saturated rings. The summed E-state index contributed by atoms with van der Waals surface area (Å²) < 4.78 is 13.4. The first-order valence-electron chi connectivity index (χ1n) is 5.72. The van der Waals surface area contributed by atoms with Crippen LogP contribution in [0.3, 0.4) is 0 Å². The highest BCUT2D eigenvalue weighted by Crippen LogP contribution is 2.26. The van der Waals surface area contributed by atoms with E-state index in [4.69, 9.17) is 5.73 Å². The minimum absolute atomic E-state index is 0.136. The van der Waals surface area contributed by atoms with Gasteiger partial charge in [-0.2, -0.15) is 0 Å². The van der Waals surface area contributed by atoms with E-state index >= 15 is 0 Å². The van der Waals surface area contributed by atoms with E-state index in [1.807, 2.05) is 19.1 Å². The van der Waals surface area contributed by atoms with Gasteiger partial charge in [0, 0.05) is 29.1 Å². The molecule has 2 aromatic rings. The highest BCUT2D eigenvalue weighted by Gasteiger charge is 2.10. The number of nitrogens with two attached hydrogens (primary N) is 1. The first-order valence-corrected chi connectivity index (χ1v) is 6.70. The molecular formula is C14H15FN2S. The van der Waals surface area contributed by atoms with Gasteiger partial charge in [0.2, 0.25) is 0 Å². The fourth-order valence-electron chi connectivity index (χ4n) is 1.70. The Bertz CT molecular complexity index is 531. The minimum Gasteiger partial charge on any atom is -0.323 e. The van der Waals surface area contributed by atoms with Crippen molar-refractivity contribution in [2.75, 3.05) is 5.75 Å². The summed E-state index contributed by atoms with van der Waals surface area (Å²) in [5, 5.41) is 0. The van der Waals surface area contributed by atoms with Crippen molar-refractivity contribution in [1.29, 1.82) is 0 Å². The Balaban J connectivity index is 2.03. The van der Waals surface area contributed by atoms with Gasteiger partial charge in [-0.3, -0.25) is 4.98 Å². The molecule has 0 aliphatic rings. The number of pyridine rings is 1. The number of nitrogens with zero attached hydrogens (tertiary/aromatic N) is 1. The lowest BCUT2D eigenvalue weighted by Gasteiger charge is -2.13. The second kappa shape index (κ2) is 5.98.